The van der Waals surface area contributed by atoms with Gasteiger partial charge in [0.05, 0.1) is 6.04 Å². The molecule has 27 heavy (non-hydrogen) atoms. The predicted octanol–water partition coefficient (Wildman–Crippen LogP) is 3.09. The first-order chi connectivity index (χ1) is 13.2. The second kappa shape index (κ2) is 7.72. The van der Waals surface area contributed by atoms with Gasteiger partial charge in [-0.05, 0) is 42.5 Å². The van der Waals surface area contributed by atoms with Crippen LogP contribution in [0.2, 0.25) is 0 Å². The van der Waals surface area contributed by atoms with E-state index in [1.165, 1.54) is 0 Å². The molecule has 1 unspecified atom stereocenters. The number of benzene rings is 1. The third kappa shape index (κ3) is 3.75. The van der Waals surface area contributed by atoms with Gasteiger partial charge in [-0.3, -0.25) is 9.78 Å². The van der Waals surface area contributed by atoms with Crippen molar-refractivity contribution < 1.29 is 13.9 Å². The molecule has 1 fully saturated rings. The highest BCUT2D eigenvalue weighted by Gasteiger charge is 2.28. The number of pyridine rings is 1. The van der Waals surface area contributed by atoms with Crippen LogP contribution in [-0.2, 0) is 4.74 Å². The van der Waals surface area contributed by atoms with Gasteiger partial charge >= 0.3 is 5.63 Å². The molecule has 1 aliphatic heterocycles. The minimum absolute atomic E-state index is 0.00893. The van der Waals surface area contributed by atoms with Crippen molar-refractivity contribution in [3.8, 4) is 0 Å². The van der Waals surface area contributed by atoms with Crippen LogP contribution in [0.3, 0.4) is 0 Å². The van der Waals surface area contributed by atoms with Crippen LogP contribution in [0.5, 0.6) is 0 Å². The molecule has 6 heteroatoms. The molecule has 1 atom stereocenters. The summed E-state index contributed by atoms with van der Waals surface area (Å²) in [4.78, 5) is 29.4. The molecular weight excluding hydrogens is 344 g/mol. The summed E-state index contributed by atoms with van der Waals surface area (Å²) in [5.41, 5.74) is 0.757. The fourth-order valence-electron chi connectivity index (χ4n) is 3.52. The standard InChI is InChI=1S/C21H20N2O4/c24-20(17-12-15-4-1-2-6-18(15)27-21(17)25)23-19(14-7-10-26-11-8-14)16-5-3-9-22-13-16/h1-6,9,12-14,19H,7-8,10-11H2,(H,23,24). The topological polar surface area (TPSA) is 81.4 Å². The van der Waals surface area contributed by atoms with Gasteiger partial charge in [-0.2, -0.15) is 0 Å². The van der Waals surface area contributed by atoms with E-state index in [1.54, 1.807) is 30.6 Å². The summed E-state index contributed by atoms with van der Waals surface area (Å²) >= 11 is 0. The van der Waals surface area contributed by atoms with Crippen molar-refractivity contribution in [2.75, 3.05) is 13.2 Å². The smallest absolute Gasteiger partial charge is 0.349 e. The lowest BCUT2D eigenvalue weighted by molar-refractivity contribution is 0.0513. The molecule has 3 aromatic rings. The molecule has 6 nitrogen and oxygen atoms in total. The lowest BCUT2D eigenvalue weighted by Gasteiger charge is -2.31. The number of rotatable bonds is 4. The van der Waals surface area contributed by atoms with Crippen molar-refractivity contribution in [2.24, 2.45) is 5.92 Å². The van der Waals surface area contributed by atoms with Gasteiger partial charge in [0, 0.05) is 31.0 Å². The van der Waals surface area contributed by atoms with Crippen molar-refractivity contribution in [3.05, 3.63) is 76.4 Å². The summed E-state index contributed by atoms with van der Waals surface area (Å²) in [6.07, 6.45) is 5.13. The van der Waals surface area contributed by atoms with Crippen LogP contribution < -0.4 is 10.9 Å². The molecule has 3 heterocycles. The number of nitrogens with zero attached hydrogens (tertiary/aromatic N) is 1. The number of aromatic nitrogens is 1. The summed E-state index contributed by atoms with van der Waals surface area (Å²) in [6.45, 7) is 1.32. The zero-order valence-corrected chi connectivity index (χ0v) is 14.8. The maximum atomic E-state index is 12.9. The van der Waals surface area contributed by atoms with E-state index in [2.05, 4.69) is 10.3 Å². The van der Waals surface area contributed by atoms with Gasteiger partial charge in [0.2, 0.25) is 0 Å². The van der Waals surface area contributed by atoms with Crippen LogP contribution in [-0.4, -0.2) is 24.1 Å². The number of amides is 1. The molecular formula is C21H20N2O4. The maximum absolute atomic E-state index is 12.9. The van der Waals surface area contributed by atoms with Crippen molar-refractivity contribution in [2.45, 2.75) is 18.9 Å². The first-order valence-electron chi connectivity index (χ1n) is 9.04. The number of hydrogen-bond acceptors (Lipinski definition) is 5. The Morgan fingerprint density at radius 2 is 1.96 bits per heavy atom. The Balaban J connectivity index is 1.65. The number of ether oxygens (including phenoxy) is 1. The molecule has 0 radical (unpaired) electrons. The quantitative estimate of drug-likeness (QED) is 0.720. The molecule has 0 aliphatic carbocycles. The highest BCUT2D eigenvalue weighted by atomic mass is 16.5. The lowest BCUT2D eigenvalue weighted by Crippen LogP contribution is -2.37. The largest absolute Gasteiger partial charge is 0.422 e. The second-order valence-corrected chi connectivity index (χ2v) is 6.67. The Morgan fingerprint density at radius 1 is 1.15 bits per heavy atom. The van der Waals surface area contributed by atoms with E-state index in [0.717, 1.165) is 18.4 Å². The monoisotopic (exact) mass is 364 g/mol. The second-order valence-electron chi connectivity index (χ2n) is 6.67. The third-order valence-electron chi connectivity index (χ3n) is 4.95. The van der Waals surface area contributed by atoms with Crippen molar-refractivity contribution in [3.63, 3.8) is 0 Å². The Kier molecular flexibility index (Phi) is 4.98. The highest BCUT2D eigenvalue weighted by Crippen LogP contribution is 2.30. The Hall–Kier alpha value is -2.99. The first-order valence-corrected chi connectivity index (χ1v) is 9.04. The van der Waals surface area contributed by atoms with Crippen LogP contribution in [0, 0.1) is 5.92 Å². The fraction of sp³-hybridized carbons (Fsp3) is 0.286. The number of carbonyl (C=O) groups is 1. The minimum atomic E-state index is -0.636. The molecule has 1 N–H and O–H groups in total. The molecule has 0 saturated carbocycles. The van der Waals surface area contributed by atoms with Gasteiger partial charge < -0.3 is 14.5 Å². The SMILES string of the molecule is O=C(NC(c1cccnc1)C1CCOCC1)c1cc2ccccc2oc1=O. The van der Waals surface area contributed by atoms with Gasteiger partial charge in [-0.25, -0.2) is 4.79 Å². The summed E-state index contributed by atoms with van der Waals surface area (Å²) in [7, 11) is 0. The normalized spacial score (nSPS) is 16.1. The molecule has 2 aromatic heterocycles. The van der Waals surface area contributed by atoms with E-state index in [1.807, 2.05) is 24.3 Å². The predicted molar refractivity (Wildman–Crippen MR) is 100 cm³/mol. The van der Waals surface area contributed by atoms with Crippen LogP contribution in [0.15, 0.2) is 64.1 Å². The van der Waals surface area contributed by atoms with Crippen LogP contribution in [0.1, 0.15) is 34.8 Å². The Morgan fingerprint density at radius 3 is 2.74 bits per heavy atom. The van der Waals surface area contributed by atoms with E-state index in [0.29, 0.717) is 24.2 Å². The van der Waals surface area contributed by atoms with Gasteiger partial charge in [0.15, 0.2) is 0 Å². The van der Waals surface area contributed by atoms with E-state index in [9.17, 15) is 9.59 Å². The van der Waals surface area contributed by atoms with Crippen LogP contribution in [0.4, 0.5) is 0 Å². The van der Waals surface area contributed by atoms with Crippen LogP contribution >= 0.6 is 0 Å². The van der Waals surface area contributed by atoms with Crippen molar-refractivity contribution >= 4 is 16.9 Å². The van der Waals surface area contributed by atoms with E-state index in [-0.39, 0.29) is 17.5 Å². The molecule has 1 aliphatic rings. The van der Waals surface area contributed by atoms with E-state index >= 15 is 0 Å². The number of nitrogens with one attached hydrogen (secondary N) is 1. The van der Waals surface area contributed by atoms with Crippen LogP contribution in [0.25, 0.3) is 11.0 Å². The van der Waals surface area contributed by atoms with Gasteiger partial charge in [0.25, 0.3) is 5.91 Å². The summed E-state index contributed by atoms with van der Waals surface area (Å²) in [5.74, 6) is -0.214. The van der Waals surface area contributed by atoms with Crippen molar-refractivity contribution in [1.82, 2.24) is 10.3 Å². The lowest BCUT2D eigenvalue weighted by atomic mass is 9.87. The fourth-order valence-corrected chi connectivity index (χ4v) is 3.52. The van der Waals surface area contributed by atoms with Gasteiger partial charge in [0.1, 0.15) is 11.1 Å². The average molecular weight is 364 g/mol. The summed E-state index contributed by atoms with van der Waals surface area (Å²) < 4.78 is 10.7. The number of para-hydroxylation sites is 1. The number of carbonyl (C=O) groups excluding carboxylic acids is 1. The Bertz CT molecular complexity index is 994. The molecule has 0 spiro atoms. The summed E-state index contributed by atoms with van der Waals surface area (Å²) in [6, 6.07) is 12.3. The average Bonchev–Trinajstić information content (AvgIpc) is 2.72. The first kappa shape index (κ1) is 17.4. The highest BCUT2D eigenvalue weighted by molar-refractivity contribution is 5.96. The van der Waals surface area contributed by atoms with Gasteiger partial charge in [-0.1, -0.05) is 24.3 Å². The third-order valence-corrected chi connectivity index (χ3v) is 4.95. The molecule has 4 rings (SSSR count). The van der Waals surface area contributed by atoms with E-state index < -0.39 is 11.5 Å². The zero-order valence-electron chi connectivity index (χ0n) is 14.8. The number of hydrogen-bond donors (Lipinski definition) is 1. The molecule has 0 bridgehead atoms. The molecule has 1 amide bonds. The molecule has 1 aromatic carbocycles. The summed E-state index contributed by atoms with van der Waals surface area (Å²) in [5, 5.41) is 3.74. The number of fused-ring (bicyclic) bond motifs is 1. The van der Waals surface area contributed by atoms with Gasteiger partial charge in [-0.15, -0.1) is 0 Å². The van der Waals surface area contributed by atoms with E-state index in [4.69, 9.17) is 9.15 Å². The van der Waals surface area contributed by atoms with Crippen molar-refractivity contribution in [1.29, 1.82) is 0 Å². The Labute approximate surface area is 156 Å². The maximum Gasteiger partial charge on any atom is 0.349 e. The minimum Gasteiger partial charge on any atom is -0.422 e. The molecule has 1 saturated heterocycles. The molecule has 138 valence electrons. The zero-order chi connectivity index (χ0) is 18.6.